The molecule has 0 unspecified atom stereocenters. The number of carbonyl (C=O) groups is 1. The molecule has 1 fully saturated rings. The molecule has 0 atom stereocenters. The number of nitrogens with zero attached hydrogens (tertiary/aromatic N) is 2. The maximum atomic E-state index is 10.9. The van der Waals surface area contributed by atoms with Crippen molar-refractivity contribution in [3.8, 4) is 0 Å². The van der Waals surface area contributed by atoms with Crippen molar-refractivity contribution >= 4 is 39.9 Å². The Morgan fingerprint density at radius 3 is 2.89 bits per heavy atom. The number of nitrogens with one attached hydrogen (secondary N) is 1. The van der Waals surface area contributed by atoms with E-state index >= 15 is 0 Å². The average molecular weight is 296 g/mol. The van der Waals surface area contributed by atoms with Gasteiger partial charge in [0.2, 0.25) is 0 Å². The van der Waals surface area contributed by atoms with Gasteiger partial charge in [-0.1, -0.05) is 11.6 Å². The number of anilines is 2. The van der Waals surface area contributed by atoms with Crippen molar-refractivity contribution < 1.29 is 9.90 Å². The highest BCUT2D eigenvalue weighted by atomic mass is 35.5. The lowest BCUT2D eigenvalue weighted by molar-refractivity contribution is 0.0697. The van der Waals surface area contributed by atoms with Gasteiger partial charge < -0.3 is 10.4 Å². The molecule has 0 radical (unpaired) electrons. The molecule has 2 heterocycles. The van der Waals surface area contributed by atoms with E-state index in [1.54, 1.807) is 0 Å². The van der Waals surface area contributed by atoms with E-state index in [1.807, 2.05) is 5.38 Å². The van der Waals surface area contributed by atoms with Crippen LogP contribution in [0.5, 0.6) is 0 Å². The van der Waals surface area contributed by atoms with Crippen LogP contribution < -0.4 is 5.32 Å². The summed E-state index contributed by atoms with van der Waals surface area (Å²) in [5, 5.41) is 14.8. The number of pyridine rings is 1. The van der Waals surface area contributed by atoms with Crippen molar-refractivity contribution in [3.05, 3.63) is 33.9 Å². The van der Waals surface area contributed by atoms with Crippen molar-refractivity contribution in [1.82, 2.24) is 9.97 Å². The quantitative estimate of drug-likeness (QED) is 0.844. The van der Waals surface area contributed by atoms with Crippen molar-refractivity contribution in [1.29, 1.82) is 0 Å². The first kappa shape index (κ1) is 12.4. The maximum absolute atomic E-state index is 10.9. The van der Waals surface area contributed by atoms with Crippen molar-refractivity contribution in [3.63, 3.8) is 0 Å². The SMILES string of the molecule is O=C(O)c1cc(Cl)nc(Nc2nc(C3CC3)cs2)c1. The first-order valence-corrected chi connectivity index (χ1v) is 7.01. The number of halogens is 1. The highest BCUT2D eigenvalue weighted by molar-refractivity contribution is 7.13. The van der Waals surface area contributed by atoms with Gasteiger partial charge in [0.05, 0.1) is 11.3 Å². The number of hydrogen-bond donors (Lipinski definition) is 2. The van der Waals surface area contributed by atoms with Gasteiger partial charge in [0.1, 0.15) is 11.0 Å². The molecule has 3 rings (SSSR count). The van der Waals surface area contributed by atoms with Gasteiger partial charge in [0.15, 0.2) is 5.13 Å². The smallest absolute Gasteiger partial charge is 0.335 e. The topological polar surface area (TPSA) is 75.1 Å². The number of carboxylic acid groups (broad SMARTS) is 1. The van der Waals surface area contributed by atoms with Crippen molar-refractivity contribution in [2.45, 2.75) is 18.8 Å². The summed E-state index contributed by atoms with van der Waals surface area (Å²) in [5.74, 6) is -0.0551. The Balaban J connectivity index is 1.83. The Bertz CT molecular complexity index is 640. The zero-order chi connectivity index (χ0) is 13.4. The monoisotopic (exact) mass is 295 g/mol. The summed E-state index contributed by atoms with van der Waals surface area (Å²) in [6, 6.07) is 2.75. The summed E-state index contributed by atoms with van der Waals surface area (Å²) in [7, 11) is 0. The molecule has 0 amide bonds. The van der Waals surface area contributed by atoms with E-state index in [4.69, 9.17) is 16.7 Å². The first-order chi connectivity index (χ1) is 9.11. The van der Waals surface area contributed by atoms with Crippen LogP contribution in [-0.4, -0.2) is 21.0 Å². The van der Waals surface area contributed by atoms with Crippen LogP contribution in [-0.2, 0) is 0 Å². The highest BCUT2D eigenvalue weighted by Crippen LogP contribution is 2.41. The minimum absolute atomic E-state index is 0.0986. The zero-order valence-electron chi connectivity index (χ0n) is 9.76. The number of thiazole rings is 1. The molecular formula is C12H10ClN3O2S. The molecule has 1 saturated carbocycles. The predicted molar refractivity (Wildman–Crippen MR) is 73.6 cm³/mol. The molecule has 7 heteroatoms. The molecule has 1 aliphatic carbocycles. The second kappa shape index (κ2) is 4.79. The summed E-state index contributed by atoms with van der Waals surface area (Å²) in [6.07, 6.45) is 2.39. The van der Waals surface area contributed by atoms with Gasteiger partial charge in [-0.3, -0.25) is 0 Å². The largest absolute Gasteiger partial charge is 0.478 e. The van der Waals surface area contributed by atoms with E-state index in [0.29, 0.717) is 16.9 Å². The molecular weight excluding hydrogens is 286 g/mol. The molecule has 98 valence electrons. The van der Waals surface area contributed by atoms with E-state index < -0.39 is 5.97 Å². The van der Waals surface area contributed by atoms with Gasteiger partial charge in [-0.2, -0.15) is 0 Å². The lowest BCUT2D eigenvalue weighted by Gasteiger charge is -2.03. The zero-order valence-corrected chi connectivity index (χ0v) is 11.3. The van der Waals surface area contributed by atoms with Crippen molar-refractivity contribution in [2.24, 2.45) is 0 Å². The van der Waals surface area contributed by atoms with Crippen LogP contribution >= 0.6 is 22.9 Å². The normalized spacial score (nSPS) is 14.4. The number of carboxylic acids is 1. The number of rotatable bonds is 4. The second-order valence-corrected chi connectivity index (χ2v) is 5.59. The minimum Gasteiger partial charge on any atom is -0.478 e. The summed E-state index contributed by atoms with van der Waals surface area (Å²) < 4.78 is 0. The van der Waals surface area contributed by atoms with Gasteiger partial charge in [-0.25, -0.2) is 14.8 Å². The van der Waals surface area contributed by atoms with Gasteiger partial charge in [-0.15, -0.1) is 11.3 Å². The van der Waals surface area contributed by atoms with Crippen LogP contribution in [0.25, 0.3) is 0 Å². The molecule has 2 aromatic heterocycles. The second-order valence-electron chi connectivity index (χ2n) is 4.35. The van der Waals surface area contributed by atoms with Gasteiger partial charge in [0, 0.05) is 11.3 Å². The summed E-state index contributed by atoms with van der Waals surface area (Å²) in [5.41, 5.74) is 1.19. The molecule has 2 aromatic rings. The van der Waals surface area contributed by atoms with Crippen LogP contribution in [0.1, 0.15) is 34.8 Å². The Kier molecular flexibility index (Phi) is 3.12. The molecule has 5 nitrogen and oxygen atoms in total. The number of aromatic nitrogens is 2. The Hall–Kier alpha value is -1.66. The predicted octanol–water partition coefficient (Wildman–Crippen LogP) is 3.51. The molecule has 2 N–H and O–H groups in total. The number of hydrogen-bond acceptors (Lipinski definition) is 5. The Labute approximate surface area is 118 Å². The highest BCUT2D eigenvalue weighted by Gasteiger charge is 2.26. The minimum atomic E-state index is -1.04. The molecule has 0 spiro atoms. The third-order valence-corrected chi connectivity index (χ3v) is 3.76. The summed E-state index contributed by atoms with van der Waals surface area (Å²) in [4.78, 5) is 19.4. The fourth-order valence-corrected chi connectivity index (χ4v) is 2.71. The fraction of sp³-hybridized carbons (Fsp3) is 0.250. The molecule has 0 aromatic carbocycles. The van der Waals surface area contributed by atoms with Crippen LogP contribution in [0.3, 0.4) is 0 Å². The van der Waals surface area contributed by atoms with E-state index in [0.717, 1.165) is 5.69 Å². The first-order valence-electron chi connectivity index (χ1n) is 5.75. The third kappa shape index (κ3) is 2.85. The fourth-order valence-electron chi connectivity index (χ4n) is 1.70. The summed E-state index contributed by atoms with van der Waals surface area (Å²) in [6.45, 7) is 0. The molecule has 1 aliphatic rings. The Morgan fingerprint density at radius 2 is 2.21 bits per heavy atom. The van der Waals surface area contributed by atoms with Crippen LogP contribution in [0, 0.1) is 0 Å². The third-order valence-electron chi connectivity index (χ3n) is 2.79. The van der Waals surface area contributed by atoms with E-state index in [1.165, 1.54) is 36.3 Å². The van der Waals surface area contributed by atoms with Crippen LogP contribution in [0.2, 0.25) is 5.15 Å². The Morgan fingerprint density at radius 1 is 1.42 bits per heavy atom. The lowest BCUT2D eigenvalue weighted by atomic mass is 10.2. The molecule has 0 bridgehead atoms. The van der Waals surface area contributed by atoms with E-state index in [9.17, 15) is 4.79 Å². The van der Waals surface area contributed by atoms with Crippen LogP contribution in [0.15, 0.2) is 17.5 Å². The summed E-state index contributed by atoms with van der Waals surface area (Å²) >= 11 is 7.27. The van der Waals surface area contributed by atoms with Gasteiger partial charge >= 0.3 is 5.97 Å². The standard InChI is InChI=1S/C12H10ClN3O2S/c13-9-3-7(11(17)18)4-10(15-9)16-12-14-8(5-19-12)6-1-2-6/h3-6H,1-2H2,(H,17,18)(H,14,15,16). The van der Waals surface area contributed by atoms with Gasteiger partial charge in [-0.05, 0) is 25.0 Å². The average Bonchev–Trinajstić information content (AvgIpc) is 3.10. The lowest BCUT2D eigenvalue weighted by Crippen LogP contribution is -2.00. The van der Waals surface area contributed by atoms with Crippen LogP contribution in [0.4, 0.5) is 10.9 Å². The van der Waals surface area contributed by atoms with Gasteiger partial charge in [0.25, 0.3) is 0 Å². The van der Waals surface area contributed by atoms with E-state index in [2.05, 4.69) is 15.3 Å². The molecule has 19 heavy (non-hydrogen) atoms. The van der Waals surface area contributed by atoms with Crippen molar-refractivity contribution in [2.75, 3.05) is 5.32 Å². The molecule has 0 aliphatic heterocycles. The molecule has 0 saturated heterocycles. The maximum Gasteiger partial charge on any atom is 0.335 e. The van der Waals surface area contributed by atoms with E-state index in [-0.39, 0.29) is 10.7 Å². The number of aromatic carboxylic acids is 1.